The predicted molar refractivity (Wildman–Crippen MR) is 101 cm³/mol. The van der Waals surface area contributed by atoms with Gasteiger partial charge in [-0.1, -0.05) is 13.8 Å². The summed E-state index contributed by atoms with van der Waals surface area (Å²) in [6, 6.07) is 1.54. The molecule has 0 radical (unpaired) electrons. The third-order valence-electron chi connectivity index (χ3n) is 5.79. The normalized spacial score (nSPS) is 28.6. The van der Waals surface area contributed by atoms with Crippen LogP contribution in [0.1, 0.15) is 72.6 Å². The molecule has 0 aromatic carbocycles. The van der Waals surface area contributed by atoms with Crippen LogP contribution < -0.4 is 10.6 Å². The fraction of sp³-hybridized carbons (Fsp3) is 0.900. The van der Waals surface area contributed by atoms with E-state index in [1.54, 1.807) is 0 Å². The zero-order valence-corrected chi connectivity index (χ0v) is 16.7. The van der Waals surface area contributed by atoms with Gasteiger partial charge < -0.3 is 15.5 Å². The van der Waals surface area contributed by atoms with Gasteiger partial charge in [0.05, 0.1) is 0 Å². The van der Waals surface area contributed by atoms with Crippen LogP contribution in [0.3, 0.4) is 0 Å². The molecule has 144 valence electrons. The minimum atomic E-state index is 0.0840. The Kier molecular flexibility index (Phi) is 7.29. The van der Waals surface area contributed by atoms with Gasteiger partial charge in [-0.15, -0.1) is 0 Å². The molecule has 2 aliphatic rings. The molecule has 0 spiro atoms. The average molecular weight is 352 g/mol. The predicted octanol–water partition coefficient (Wildman–Crippen LogP) is 2.69. The van der Waals surface area contributed by atoms with Crippen molar-refractivity contribution < 1.29 is 9.59 Å². The monoisotopic (exact) mass is 351 g/mol. The van der Waals surface area contributed by atoms with Gasteiger partial charge in [0.25, 0.3) is 0 Å². The molecule has 2 amide bonds. The van der Waals surface area contributed by atoms with Crippen LogP contribution in [-0.4, -0.2) is 47.9 Å². The van der Waals surface area contributed by atoms with Gasteiger partial charge in [0.2, 0.25) is 11.8 Å². The Morgan fingerprint density at radius 3 is 2.00 bits per heavy atom. The van der Waals surface area contributed by atoms with Gasteiger partial charge in [-0.05, 0) is 64.8 Å². The van der Waals surface area contributed by atoms with Crippen molar-refractivity contribution >= 4 is 11.8 Å². The van der Waals surface area contributed by atoms with E-state index in [4.69, 9.17) is 0 Å². The molecule has 2 bridgehead atoms. The molecule has 2 aliphatic heterocycles. The van der Waals surface area contributed by atoms with Crippen LogP contribution in [0.15, 0.2) is 0 Å². The summed E-state index contributed by atoms with van der Waals surface area (Å²) in [5, 5.41) is 6.16. The molecule has 2 heterocycles. The Bertz CT molecular complexity index is 452. The minimum absolute atomic E-state index is 0.0840. The molecule has 0 aliphatic carbocycles. The summed E-state index contributed by atoms with van der Waals surface area (Å²) in [5.41, 5.74) is 0. The molecule has 5 heteroatoms. The van der Waals surface area contributed by atoms with Crippen molar-refractivity contribution in [2.45, 2.75) is 96.8 Å². The van der Waals surface area contributed by atoms with Crippen molar-refractivity contribution in [1.82, 2.24) is 15.5 Å². The molecule has 2 rings (SSSR count). The van der Waals surface area contributed by atoms with Gasteiger partial charge in [-0.2, -0.15) is 0 Å². The second-order valence-corrected chi connectivity index (χ2v) is 8.86. The van der Waals surface area contributed by atoms with Crippen LogP contribution in [-0.2, 0) is 9.59 Å². The molecule has 2 saturated heterocycles. The zero-order chi connectivity index (χ0) is 18.6. The van der Waals surface area contributed by atoms with E-state index < -0.39 is 0 Å². The first-order valence-corrected chi connectivity index (χ1v) is 10.0. The number of fused-ring (bicyclic) bond motifs is 2. The average Bonchev–Trinajstić information content (AvgIpc) is 2.68. The van der Waals surface area contributed by atoms with E-state index in [0.29, 0.717) is 36.8 Å². The quantitative estimate of drug-likeness (QED) is 0.707. The van der Waals surface area contributed by atoms with E-state index >= 15 is 0 Å². The first-order valence-electron chi connectivity index (χ1n) is 10.0. The SMILES string of the molecule is CC(C)CC(=O)NC(C)CC(C)NC(=O)CC1CC2CCC(C1)N2C. The van der Waals surface area contributed by atoms with Gasteiger partial charge in [0, 0.05) is 37.0 Å². The first-order chi connectivity index (χ1) is 11.7. The molecule has 25 heavy (non-hydrogen) atoms. The van der Waals surface area contributed by atoms with Crippen molar-refractivity contribution in [1.29, 1.82) is 0 Å². The highest BCUT2D eigenvalue weighted by molar-refractivity contribution is 5.77. The highest BCUT2D eigenvalue weighted by Crippen LogP contribution is 2.38. The molecule has 0 aromatic heterocycles. The second-order valence-electron chi connectivity index (χ2n) is 8.86. The van der Waals surface area contributed by atoms with Crippen molar-refractivity contribution in [3.8, 4) is 0 Å². The topological polar surface area (TPSA) is 61.4 Å². The Morgan fingerprint density at radius 1 is 0.960 bits per heavy atom. The lowest BCUT2D eigenvalue weighted by Gasteiger charge is -2.36. The largest absolute Gasteiger partial charge is 0.354 e. The smallest absolute Gasteiger partial charge is 0.220 e. The van der Waals surface area contributed by atoms with E-state index in [1.807, 2.05) is 27.7 Å². The fourth-order valence-corrected chi connectivity index (χ4v) is 4.64. The van der Waals surface area contributed by atoms with Crippen molar-refractivity contribution in [3.05, 3.63) is 0 Å². The number of carbonyl (C=O) groups is 2. The first kappa shape index (κ1) is 20.2. The number of nitrogens with zero attached hydrogens (tertiary/aromatic N) is 1. The molecular formula is C20H37N3O2. The Morgan fingerprint density at radius 2 is 1.48 bits per heavy atom. The van der Waals surface area contributed by atoms with Gasteiger partial charge in [0.15, 0.2) is 0 Å². The maximum Gasteiger partial charge on any atom is 0.220 e. The molecule has 0 saturated carbocycles. The summed E-state index contributed by atoms with van der Waals surface area (Å²) in [5.74, 6) is 1.17. The highest BCUT2D eigenvalue weighted by atomic mass is 16.2. The summed E-state index contributed by atoms with van der Waals surface area (Å²) in [7, 11) is 2.23. The summed E-state index contributed by atoms with van der Waals surface area (Å²) in [6.07, 6.45) is 6.90. The number of nitrogens with one attached hydrogen (secondary N) is 2. The number of rotatable bonds is 8. The van der Waals surface area contributed by atoms with E-state index in [0.717, 1.165) is 19.3 Å². The summed E-state index contributed by atoms with van der Waals surface area (Å²) in [6.45, 7) is 8.13. The molecule has 5 nitrogen and oxygen atoms in total. The lowest BCUT2D eigenvalue weighted by Crippen LogP contribution is -2.43. The van der Waals surface area contributed by atoms with Crippen LogP contribution in [0.25, 0.3) is 0 Å². The standard InChI is InChI=1S/C20H37N3O2/c1-13(2)8-19(24)21-14(3)9-15(4)22-20(25)12-16-10-17-6-7-18(11-16)23(17)5/h13-18H,6-12H2,1-5H3,(H,21,24)(H,22,25). The second kappa shape index (κ2) is 9.02. The van der Waals surface area contributed by atoms with Crippen molar-refractivity contribution in [3.63, 3.8) is 0 Å². The summed E-state index contributed by atoms with van der Waals surface area (Å²) < 4.78 is 0. The lowest BCUT2D eigenvalue weighted by atomic mass is 9.88. The van der Waals surface area contributed by atoms with Gasteiger partial charge >= 0.3 is 0 Å². The van der Waals surface area contributed by atoms with Gasteiger partial charge in [0.1, 0.15) is 0 Å². The van der Waals surface area contributed by atoms with Crippen LogP contribution in [0, 0.1) is 11.8 Å². The van der Waals surface area contributed by atoms with Crippen LogP contribution in [0.4, 0.5) is 0 Å². The fourth-order valence-electron chi connectivity index (χ4n) is 4.64. The van der Waals surface area contributed by atoms with Crippen molar-refractivity contribution in [2.75, 3.05) is 7.05 Å². The molecule has 0 aromatic rings. The molecular weight excluding hydrogens is 314 g/mol. The summed E-state index contributed by atoms with van der Waals surface area (Å²) in [4.78, 5) is 26.7. The minimum Gasteiger partial charge on any atom is -0.354 e. The number of hydrogen-bond donors (Lipinski definition) is 2. The molecule has 4 unspecified atom stereocenters. The van der Waals surface area contributed by atoms with Crippen LogP contribution in [0.2, 0.25) is 0 Å². The number of amides is 2. The Labute approximate surface area is 153 Å². The number of carbonyl (C=O) groups excluding carboxylic acids is 2. The maximum absolute atomic E-state index is 12.4. The van der Waals surface area contributed by atoms with Crippen LogP contribution >= 0.6 is 0 Å². The Balaban J connectivity index is 1.67. The van der Waals surface area contributed by atoms with E-state index in [-0.39, 0.29) is 23.9 Å². The number of piperidine rings is 1. The Hall–Kier alpha value is -1.10. The third kappa shape index (κ3) is 6.28. The maximum atomic E-state index is 12.4. The van der Waals surface area contributed by atoms with Crippen molar-refractivity contribution in [2.24, 2.45) is 11.8 Å². The molecule has 2 N–H and O–H groups in total. The van der Waals surface area contributed by atoms with E-state index in [9.17, 15) is 9.59 Å². The van der Waals surface area contributed by atoms with Crippen LogP contribution in [0.5, 0.6) is 0 Å². The zero-order valence-electron chi connectivity index (χ0n) is 16.7. The summed E-state index contributed by atoms with van der Waals surface area (Å²) >= 11 is 0. The molecule has 4 atom stereocenters. The number of hydrogen-bond acceptors (Lipinski definition) is 3. The van der Waals surface area contributed by atoms with Gasteiger partial charge in [-0.3, -0.25) is 9.59 Å². The lowest BCUT2D eigenvalue weighted by molar-refractivity contribution is -0.123. The third-order valence-corrected chi connectivity index (χ3v) is 5.79. The molecule has 2 fully saturated rings. The van der Waals surface area contributed by atoms with E-state index in [1.165, 1.54) is 12.8 Å². The van der Waals surface area contributed by atoms with E-state index in [2.05, 4.69) is 22.6 Å². The highest BCUT2D eigenvalue weighted by Gasteiger charge is 2.38. The van der Waals surface area contributed by atoms with Gasteiger partial charge in [-0.25, -0.2) is 0 Å².